The molecule has 0 aromatic heterocycles. The van der Waals surface area contributed by atoms with Crippen molar-refractivity contribution in [2.24, 2.45) is 0 Å². The molecule has 0 aliphatic heterocycles. The van der Waals surface area contributed by atoms with Gasteiger partial charge in [0.15, 0.2) is 16.6 Å². The van der Waals surface area contributed by atoms with Crippen molar-refractivity contribution in [3.63, 3.8) is 0 Å². The van der Waals surface area contributed by atoms with Crippen LogP contribution in [0, 0.1) is 0 Å². The second-order valence-electron chi connectivity index (χ2n) is 6.92. The molecule has 22 heavy (non-hydrogen) atoms. The molecule has 0 bridgehead atoms. The van der Waals surface area contributed by atoms with Crippen molar-refractivity contribution >= 4 is 25.4 Å². The molecule has 0 unspecified atom stereocenters. The molecule has 0 rings (SSSR count). The summed E-state index contributed by atoms with van der Waals surface area (Å²) >= 11 is 0. The fourth-order valence-corrected chi connectivity index (χ4v) is 13.8. The topological polar surface area (TPSA) is 36.9 Å². The maximum atomic E-state index is 12.2. The summed E-state index contributed by atoms with van der Waals surface area (Å²) in [7, 11) is -0.907. The van der Waals surface area contributed by atoms with Crippen LogP contribution in [0.4, 0.5) is 4.39 Å². The predicted molar refractivity (Wildman–Crippen MR) is 97.1 cm³/mol. The fraction of sp³-hybridized carbons (Fsp3) is 1.00. The molecule has 0 atom stereocenters. The number of unbranched alkanes of at least 4 members (excludes halogenated alkanes) is 1. The Bertz CT molecular complexity index is 292. The third kappa shape index (κ3) is 8.90. The Morgan fingerprint density at radius 3 is 1.55 bits per heavy atom. The average Bonchev–Trinajstić information content (AvgIpc) is 2.43. The van der Waals surface area contributed by atoms with E-state index < -0.39 is 25.4 Å². The van der Waals surface area contributed by atoms with Crippen LogP contribution in [-0.2, 0) is 17.4 Å². The standard InChI is InChI=1S/C14H35FO4Si3/c1-16-22(17-2,18-3)14-10-13-21(6,7)19-20(4,5)12-9-8-11-15/h8-14H2,1-7H3. The van der Waals surface area contributed by atoms with Gasteiger partial charge >= 0.3 is 8.80 Å². The van der Waals surface area contributed by atoms with E-state index >= 15 is 0 Å². The highest BCUT2D eigenvalue weighted by atomic mass is 28.4. The summed E-state index contributed by atoms with van der Waals surface area (Å²) in [6.07, 6.45) is 2.59. The molecule has 4 nitrogen and oxygen atoms in total. The van der Waals surface area contributed by atoms with Crippen LogP contribution in [0.3, 0.4) is 0 Å². The van der Waals surface area contributed by atoms with E-state index in [1.165, 1.54) is 0 Å². The molecule has 8 heteroatoms. The molecule has 0 aromatic carbocycles. The molecule has 0 fully saturated rings. The van der Waals surface area contributed by atoms with Crippen LogP contribution < -0.4 is 0 Å². The summed E-state index contributed by atoms with van der Waals surface area (Å²) in [5.41, 5.74) is 0. The van der Waals surface area contributed by atoms with Crippen molar-refractivity contribution in [2.45, 2.75) is 63.6 Å². The Labute approximate surface area is 139 Å². The van der Waals surface area contributed by atoms with Crippen LogP contribution in [0.25, 0.3) is 0 Å². The highest BCUT2D eigenvalue weighted by molar-refractivity contribution is 6.84. The minimum Gasteiger partial charge on any atom is -0.455 e. The maximum Gasteiger partial charge on any atom is 0.500 e. The molecule has 0 amide bonds. The summed E-state index contributed by atoms with van der Waals surface area (Å²) in [6.45, 7) is 8.82. The summed E-state index contributed by atoms with van der Waals surface area (Å²) in [6, 6.07) is 2.93. The zero-order valence-electron chi connectivity index (χ0n) is 15.5. The highest BCUT2D eigenvalue weighted by Crippen LogP contribution is 2.26. The molecule has 0 N–H and O–H groups in total. The van der Waals surface area contributed by atoms with Crippen molar-refractivity contribution in [3.05, 3.63) is 0 Å². The first-order valence-corrected chi connectivity index (χ1v) is 16.2. The van der Waals surface area contributed by atoms with Gasteiger partial charge < -0.3 is 17.4 Å². The summed E-state index contributed by atoms with van der Waals surface area (Å²) in [5.74, 6) is 0. The van der Waals surface area contributed by atoms with Crippen molar-refractivity contribution in [3.8, 4) is 0 Å². The lowest BCUT2D eigenvalue weighted by Crippen LogP contribution is -2.45. The molecule has 0 heterocycles. The van der Waals surface area contributed by atoms with E-state index in [1.54, 1.807) is 21.3 Å². The number of alkyl halides is 1. The summed E-state index contributed by atoms with van der Waals surface area (Å²) < 4.78 is 35.2. The molecule has 0 aliphatic rings. The minimum atomic E-state index is -2.47. The number of halogens is 1. The van der Waals surface area contributed by atoms with Gasteiger partial charge in [0.1, 0.15) is 0 Å². The smallest absolute Gasteiger partial charge is 0.455 e. The van der Waals surface area contributed by atoms with Crippen LogP contribution in [0.2, 0.25) is 44.3 Å². The van der Waals surface area contributed by atoms with Gasteiger partial charge in [0.25, 0.3) is 0 Å². The third-order valence-electron chi connectivity index (χ3n) is 3.91. The molecule has 0 radical (unpaired) electrons. The Morgan fingerprint density at radius 2 is 1.14 bits per heavy atom. The van der Waals surface area contributed by atoms with E-state index in [4.69, 9.17) is 17.4 Å². The van der Waals surface area contributed by atoms with Crippen LogP contribution in [-0.4, -0.2) is 53.4 Å². The van der Waals surface area contributed by atoms with Crippen LogP contribution in [0.15, 0.2) is 0 Å². The van der Waals surface area contributed by atoms with Gasteiger partial charge in [-0.15, -0.1) is 0 Å². The number of hydrogen-bond donors (Lipinski definition) is 0. The van der Waals surface area contributed by atoms with Gasteiger partial charge in [0.05, 0.1) is 6.67 Å². The lowest BCUT2D eigenvalue weighted by Gasteiger charge is -2.34. The highest BCUT2D eigenvalue weighted by Gasteiger charge is 2.39. The molecule has 0 aliphatic carbocycles. The predicted octanol–water partition coefficient (Wildman–Crippen LogP) is 4.43. The Morgan fingerprint density at radius 1 is 0.682 bits per heavy atom. The quantitative estimate of drug-likeness (QED) is 0.355. The normalized spacial score (nSPS) is 13.6. The minimum absolute atomic E-state index is 0.219. The number of rotatable bonds is 13. The van der Waals surface area contributed by atoms with Crippen molar-refractivity contribution in [2.75, 3.05) is 28.0 Å². The van der Waals surface area contributed by atoms with E-state index in [0.717, 1.165) is 31.0 Å². The molecule has 0 aromatic rings. The SMILES string of the molecule is CO[Si](CCC[Si](C)(C)O[Si](C)(C)CCCCF)(OC)OC. The largest absolute Gasteiger partial charge is 0.500 e. The van der Waals surface area contributed by atoms with Crippen LogP contribution >= 0.6 is 0 Å². The van der Waals surface area contributed by atoms with Crippen molar-refractivity contribution in [1.29, 1.82) is 0 Å². The van der Waals surface area contributed by atoms with Gasteiger partial charge in [0.2, 0.25) is 0 Å². The van der Waals surface area contributed by atoms with E-state index in [-0.39, 0.29) is 6.67 Å². The first-order chi connectivity index (χ1) is 10.2. The van der Waals surface area contributed by atoms with Gasteiger partial charge in [0, 0.05) is 27.4 Å². The zero-order chi connectivity index (χ0) is 17.3. The second-order valence-corrected chi connectivity index (χ2v) is 18.9. The number of hydrogen-bond acceptors (Lipinski definition) is 4. The lowest BCUT2D eigenvalue weighted by molar-refractivity contribution is 0.123. The zero-order valence-corrected chi connectivity index (χ0v) is 18.5. The summed E-state index contributed by atoms with van der Waals surface area (Å²) in [5, 5.41) is 0. The van der Waals surface area contributed by atoms with Gasteiger partial charge in [-0.05, 0) is 51.1 Å². The first-order valence-electron chi connectivity index (χ1n) is 8.07. The van der Waals surface area contributed by atoms with Gasteiger partial charge in [-0.2, -0.15) is 0 Å². The Balaban J connectivity index is 4.33. The monoisotopic (exact) mass is 370 g/mol. The van der Waals surface area contributed by atoms with Gasteiger partial charge in [-0.3, -0.25) is 4.39 Å². The first kappa shape index (κ1) is 22.4. The van der Waals surface area contributed by atoms with Crippen LogP contribution in [0.5, 0.6) is 0 Å². The second kappa shape index (κ2) is 10.3. The molecule has 0 spiro atoms. The molecule has 0 saturated heterocycles. The molecular formula is C14H35FO4Si3. The van der Waals surface area contributed by atoms with Crippen LogP contribution in [0.1, 0.15) is 19.3 Å². The Hall–Kier alpha value is 0.421. The molecule has 134 valence electrons. The molecule has 0 saturated carbocycles. The van der Waals surface area contributed by atoms with Gasteiger partial charge in [-0.25, -0.2) is 0 Å². The molecular weight excluding hydrogens is 335 g/mol. The van der Waals surface area contributed by atoms with Crippen molar-refractivity contribution in [1.82, 2.24) is 0 Å². The average molecular weight is 371 g/mol. The van der Waals surface area contributed by atoms with Gasteiger partial charge in [-0.1, -0.05) is 6.42 Å². The Kier molecular flexibility index (Phi) is 10.5. The van der Waals surface area contributed by atoms with E-state index in [0.29, 0.717) is 6.42 Å². The van der Waals surface area contributed by atoms with E-state index in [1.807, 2.05) is 0 Å². The van der Waals surface area contributed by atoms with Crippen molar-refractivity contribution < 1.29 is 21.8 Å². The summed E-state index contributed by atoms with van der Waals surface area (Å²) in [4.78, 5) is 0. The fourth-order valence-electron chi connectivity index (χ4n) is 2.78. The third-order valence-corrected chi connectivity index (χ3v) is 14.3. The maximum absolute atomic E-state index is 12.2. The lowest BCUT2D eigenvalue weighted by atomic mass is 10.4. The van der Waals surface area contributed by atoms with E-state index in [2.05, 4.69) is 26.2 Å². The van der Waals surface area contributed by atoms with E-state index in [9.17, 15) is 4.39 Å².